The second-order valence-corrected chi connectivity index (χ2v) is 7.32. The smallest absolute Gasteiger partial charge is 0.00135 e. The number of rotatable bonds is 8. The predicted molar refractivity (Wildman–Crippen MR) is 152 cm³/mol. The maximum Gasteiger partial charge on any atom is -0.00135 e. The van der Waals surface area contributed by atoms with Crippen LogP contribution in [0, 0.1) is 0 Å². The summed E-state index contributed by atoms with van der Waals surface area (Å²) in [4.78, 5) is 0. The number of hydrogen-bond donors (Lipinski definition) is 4. The van der Waals surface area contributed by atoms with Crippen LogP contribution in [0.25, 0.3) is 11.1 Å². The molecule has 0 saturated heterocycles. The molecule has 3 rings (SSSR count). The molecule has 0 aliphatic heterocycles. The standard InChI is InChI=1S/C13H10.4C4H11N/c1-3-7-12-10(5-1)9-11-6-2-4-8-13(11)12;4*1-3-5-4-2/h1-8H,9H2;4*5H,3-4H2,1-2H3. The monoisotopic (exact) mass is 458 g/mol. The van der Waals surface area contributed by atoms with E-state index in [-0.39, 0.29) is 0 Å². The van der Waals surface area contributed by atoms with Gasteiger partial charge in [-0.1, -0.05) is 104 Å². The molecular formula is C29H54N4. The Morgan fingerprint density at radius 1 is 0.424 bits per heavy atom. The van der Waals surface area contributed by atoms with Crippen LogP contribution < -0.4 is 21.3 Å². The van der Waals surface area contributed by atoms with Crippen LogP contribution in [-0.2, 0) is 6.42 Å². The highest BCUT2D eigenvalue weighted by molar-refractivity contribution is 5.76. The van der Waals surface area contributed by atoms with Crippen LogP contribution in [0.4, 0.5) is 0 Å². The highest BCUT2D eigenvalue weighted by Gasteiger charge is 2.15. The van der Waals surface area contributed by atoms with Crippen LogP contribution in [0.15, 0.2) is 48.5 Å². The maximum atomic E-state index is 3.11. The first-order valence-corrected chi connectivity index (χ1v) is 13.1. The molecule has 4 N–H and O–H groups in total. The van der Waals surface area contributed by atoms with Gasteiger partial charge in [0.25, 0.3) is 0 Å². The van der Waals surface area contributed by atoms with Gasteiger partial charge in [-0.05, 0) is 81.0 Å². The average Bonchev–Trinajstić information content (AvgIpc) is 3.22. The van der Waals surface area contributed by atoms with Crippen LogP contribution >= 0.6 is 0 Å². The van der Waals surface area contributed by atoms with Crippen LogP contribution in [0.1, 0.15) is 66.5 Å². The fourth-order valence-electron chi connectivity index (χ4n) is 3.08. The lowest BCUT2D eigenvalue weighted by atomic mass is 10.1. The summed E-state index contributed by atoms with van der Waals surface area (Å²) < 4.78 is 0. The third-order valence-corrected chi connectivity index (χ3v) is 4.71. The minimum atomic E-state index is 1.09. The van der Waals surface area contributed by atoms with Gasteiger partial charge in [0.1, 0.15) is 0 Å². The molecule has 0 radical (unpaired) electrons. The molecule has 0 bridgehead atoms. The minimum Gasteiger partial charge on any atom is -0.317 e. The molecule has 0 atom stereocenters. The Morgan fingerprint density at radius 3 is 0.879 bits per heavy atom. The van der Waals surface area contributed by atoms with E-state index >= 15 is 0 Å². The van der Waals surface area contributed by atoms with E-state index in [1.807, 2.05) is 0 Å². The van der Waals surface area contributed by atoms with Crippen molar-refractivity contribution in [2.45, 2.75) is 61.8 Å². The van der Waals surface area contributed by atoms with Crippen LogP contribution in [0.3, 0.4) is 0 Å². The Kier molecular flexibility index (Phi) is 26.9. The zero-order chi connectivity index (χ0) is 25.2. The molecule has 0 aromatic heterocycles. The van der Waals surface area contributed by atoms with E-state index in [9.17, 15) is 0 Å². The molecule has 0 amide bonds. The van der Waals surface area contributed by atoms with Gasteiger partial charge in [-0.2, -0.15) is 0 Å². The summed E-state index contributed by atoms with van der Waals surface area (Å²) in [7, 11) is 0. The molecule has 0 unspecified atom stereocenters. The van der Waals surface area contributed by atoms with Crippen LogP contribution in [-0.4, -0.2) is 52.4 Å². The summed E-state index contributed by atoms with van der Waals surface area (Å²) in [6.07, 6.45) is 1.10. The highest BCUT2D eigenvalue weighted by Crippen LogP contribution is 2.35. The van der Waals surface area contributed by atoms with Gasteiger partial charge in [0.05, 0.1) is 0 Å². The second kappa shape index (κ2) is 26.5. The summed E-state index contributed by atoms with van der Waals surface area (Å²) >= 11 is 0. The van der Waals surface area contributed by atoms with Crippen molar-refractivity contribution in [3.05, 3.63) is 59.7 Å². The highest BCUT2D eigenvalue weighted by atomic mass is 14.8. The van der Waals surface area contributed by atoms with E-state index in [4.69, 9.17) is 0 Å². The summed E-state index contributed by atoms with van der Waals surface area (Å²) in [5.41, 5.74) is 5.75. The lowest BCUT2D eigenvalue weighted by molar-refractivity contribution is 0.762. The van der Waals surface area contributed by atoms with Crippen molar-refractivity contribution >= 4 is 0 Å². The van der Waals surface area contributed by atoms with Gasteiger partial charge in [0.15, 0.2) is 0 Å². The van der Waals surface area contributed by atoms with Gasteiger partial charge in [-0.3, -0.25) is 0 Å². The SMILES string of the molecule is CCNCC.CCNCC.CCNCC.CCNCC.c1ccc2c(c1)Cc1ccccc1-2. The third kappa shape index (κ3) is 18.4. The molecule has 0 heterocycles. The molecule has 2 aromatic rings. The van der Waals surface area contributed by atoms with E-state index in [2.05, 4.69) is 125 Å². The van der Waals surface area contributed by atoms with Crippen molar-refractivity contribution in [3.63, 3.8) is 0 Å². The molecule has 4 heteroatoms. The predicted octanol–water partition coefficient (Wildman–Crippen LogP) is 5.72. The molecule has 0 fully saturated rings. The zero-order valence-electron chi connectivity index (χ0n) is 23.0. The quantitative estimate of drug-likeness (QED) is 0.349. The molecule has 0 saturated carbocycles. The van der Waals surface area contributed by atoms with Gasteiger partial charge in [-0.25, -0.2) is 0 Å². The first kappa shape index (κ1) is 33.5. The number of benzene rings is 2. The summed E-state index contributed by atoms with van der Waals surface area (Å²) in [5.74, 6) is 0. The van der Waals surface area contributed by atoms with Gasteiger partial charge in [-0.15, -0.1) is 0 Å². The van der Waals surface area contributed by atoms with Gasteiger partial charge in [0.2, 0.25) is 0 Å². The van der Waals surface area contributed by atoms with Gasteiger partial charge >= 0.3 is 0 Å². The molecule has 0 spiro atoms. The molecule has 2 aromatic carbocycles. The maximum absolute atomic E-state index is 3.11. The third-order valence-electron chi connectivity index (χ3n) is 4.71. The van der Waals surface area contributed by atoms with Crippen LogP contribution in [0.5, 0.6) is 0 Å². The Labute approximate surface area is 206 Å². The van der Waals surface area contributed by atoms with Crippen molar-refractivity contribution < 1.29 is 0 Å². The first-order chi connectivity index (χ1) is 16.1. The van der Waals surface area contributed by atoms with Crippen molar-refractivity contribution in [1.82, 2.24) is 21.3 Å². The van der Waals surface area contributed by atoms with Crippen molar-refractivity contribution in [3.8, 4) is 11.1 Å². The van der Waals surface area contributed by atoms with E-state index in [0.717, 1.165) is 58.8 Å². The first-order valence-electron chi connectivity index (χ1n) is 13.1. The van der Waals surface area contributed by atoms with Crippen molar-refractivity contribution in [2.75, 3.05) is 52.4 Å². The van der Waals surface area contributed by atoms with Crippen molar-refractivity contribution in [2.24, 2.45) is 0 Å². The number of nitrogens with one attached hydrogen (secondary N) is 4. The lowest BCUT2D eigenvalue weighted by Crippen LogP contribution is -2.09. The fraction of sp³-hybridized carbons (Fsp3) is 0.586. The molecule has 190 valence electrons. The van der Waals surface area contributed by atoms with E-state index in [1.165, 1.54) is 22.3 Å². The Bertz CT molecular complexity index is 568. The van der Waals surface area contributed by atoms with Crippen molar-refractivity contribution in [1.29, 1.82) is 0 Å². The fourth-order valence-corrected chi connectivity index (χ4v) is 3.08. The summed E-state index contributed by atoms with van der Waals surface area (Å²) in [5, 5.41) is 12.4. The Balaban J connectivity index is 0. The molecule has 1 aliphatic carbocycles. The molecular weight excluding hydrogens is 404 g/mol. The Morgan fingerprint density at radius 2 is 0.667 bits per heavy atom. The second-order valence-electron chi connectivity index (χ2n) is 7.32. The molecule has 1 aliphatic rings. The van der Waals surface area contributed by atoms with E-state index in [1.54, 1.807) is 0 Å². The molecule has 33 heavy (non-hydrogen) atoms. The van der Waals surface area contributed by atoms with E-state index in [0.29, 0.717) is 0 Å². The zero-order valence-corrected chi connectivity index (χ0v) is 23.0. The number of fused-ring (bicyclic) bond motifs is 3. The largest absolute Gasteiger partial charge is 0.317 e. The van der Waals surface area contributed by atoms with Gasteiger partial charge < -0.3 is 21.3 Å². The normalized spacial score (nSPS) is 9.94. The average molecular weight is 459 g/mol. The Hall–Kier alpha value is -1.72. The minimum absolute atomic E-state index is 1.09. The summed E-state index contributed by atoms with van der Waals surface area (Å²) in [6.45, 7) is 25.6. The van der Waals surface area contributed by atoms with E-state index < -0.39 is 0 Å². The lowest BCUT2D eigenvalue weighted by Gasteiger charge is -1.98. The summed E-state index contributed by atoms with van der Waals surface area (Å²) in [6, 6.07) is 17.3. The van der Waals surface area contributed by atoms with Crippen LogP contribution in [0.2, 0.25) is 0 Å². The number of hydrogen-bond acceptors (Lipinski definition) is 4. The molecule has 4 nitrogen and oxygen atoms in total. The topological polar surface area (TPSA) is 48.1 Å². The van der Waals surface area contributed by atoms with Gasteiger partial charge in [0, 0.05) is 0 Å².